The van der Waals surface area contributed by atoms with E-state index in [-0.39, 0.29) is 26.1 Å². The maximum absolute atomic E-state index is 12.0. The average molecular weight is 437 g/mol. The van der Waals surface area contributed by atoms with Crippen LogP contribution in [0.15, 0.2) is 15.8 Å². The predicted molar refractivity (Wildman–Crippen MR) is 98.9 cm³/mol. The molecule has 2 heterocycles. The topological polar surface area (TPSA) is 134 Å². The van der Waals surface area contributed by atoms with Crippen LogP contribution in [0.5, 0.6) is 0 Å². The molecule has 3 unspecified atom stereocenters. The highest BCUT2D eigenvalue weighted by Crippen LogP contribution is 2.21. The number of carbonyl (C=O) groups is 1. The van der Waals surface area contributed by atoms with Crippen LogP contribution in [-0.2, 0) is 22.5 Å². The van der Waals surface area contributed by atoms with Crippen molar-refractivity contribution in [3.05, 3.63) is 32.6 Å². The number of hydrogen-bond acceptors (Lipinski definition) is 6. The SMILES string of the molecule is O=C(NCCCCCCc1cn(CC2CC(O)C(CO)O2)c(=O)[nH]c1=O)C(F)(F)F. The Bertz CT molecular complexity index is 823. The van der Waals surface area contributed by atoms with E-state index in [1.165, 1.54) is 10.8 Å². The number of carbonyl (C=O) groups excluding carboxylic acids is 1. The summed E-state index contributed by atoms with van der Waals surface area (Å²) < 4.78 is 42.9. The van der Waals surface area contributed by atoms with E-state index in [2.05, 4.69) is 4.98 Å². The molecule has 1 amide bonds. The lowest BCUT2D eigenvalue weighted by Gasteiger charge is -2.14. The van der Waals surface area contributed by atoms with E-state index in [1.807, 2.05) is 0 Å². The summed E-state index contributed by atoms with van der Waals surface area (Å²) in [5.74, 6) is -1.96. The number of aryl methyl sites for hydroxylation is 1. The molecule has 1 aliphatic rings. The Kier molecular flexibility index (Phi) is 8.62. The molecule has 1 saturated heterocycles. The van der Waals surface area contributed by atoms with Crippen molar-refractivity contribution in [2.75, 3.05) is 13.2 Å². The Balaban J connectivity index is 1.78. The van der Waals surface area contributed by atoms with Gasteiger partial charge in [0.15, 0.2) is 0 Å². The highest BCUT2D eigenvalue weighted by molar-refractivity contribution is 5.81. The molecule has 1 aromatic heterocycles. The zero-order valence-corrected chi connectivity index (χ0v) is 16.3. The fraction of sp³-hybridized carbons (Fsp3) is 0.722. The molecule has 0 aromatic carbocycles. The quantitative estimate of drug-likeness (QED) is 0.376. The first-order chi connectivity index (χ1) is 14.1. The van der Waals surface area contributed by atoms with Gasteiger partial charge in [-0.15, -0.1) is 0 Å². The third-order valence-corrected chi connectivity index (χ3v) is 4.88. The molecule has 1 aromatic rings. The monoisotopic (exact) mass is 437 g/mol. The molecule has 0 radical (unpaired) electrons. The van der Waals surface area contributed by atoms with Gasteiger partial charge in [-0.1, -0.05) is 12.8 Å². The highest BCUT2D eigenvalue weighted by atomic mass is 19.4. The van der Waals surface area contributed by atoms with Gasteiger partial charge >= 0.3 is 17.8 Å². The van der Waals surface area contributed by atoms with Crippen LogP contribution in [0.1, 0.15) is 37.7 Å². The first kappa shape index (κ1) is 24.1. The lowest BCUT2D eigenvalue weighted by atomic mass is 10.1. The summed E-state index contributed by atoms with van der Waals surface area (Å²) >= 11 is 0. The van der Waals surface area contributed by atoms with Crippen molar-refractivity contribution >= 4 is 5.91 Å². The molecule has 30 heavy (non-hydrogen) atoms. The molecule has 0 spiro atoms. The van der Waals surface area contributed by atoms with Gasteiger partial charge in [-0.25, -0.2) is 4.79 Å². The minimum absolute atomic E-state index is 0.0775. The number of ether oxygens (including phenoxy) is 1. The number of H-pyrrole nitrogens is 1. The Morgan fingerprint density at radius 2 is 1.97 bits per heavy atom. The molecule has 2 rings (SSSR count). The first-order valence-electron chi connectivity index (χ1n) is 9.74. The number of amides is 1. The van der Waals surface area contributed by atoms with Crippen LogP contribution in [0.4, 0.5) is 13.2 Å². The normalized spacial score (nSPS) is 21.7. The predicted octanol–water partition coefficient (Wildman–Crippen LogP) is -0.171. The van der Waals surface area contributed by atoms with E-state index < -0.39 is 41.6 Å². The summed E-state index contributed by atoms with van der Waals surface area (Å²) in [5, 5.41) is 20.7. The van der Waals surface area contributed by atoms with Crippen molar-refractivity contribution < 1.29 is 32.9 Å². The molecule has 9 nitrogen and oxygen atoms in total. The lowest BCUT2D eigenvalue weighted by molar-refractivity contribution is -0.173. The number of halogens is 3. The van der Waals surface area contributed by atoms with Gasteiger partial charge in [0.25, 0.3) is 5.56 Å². The number of aromatic nitrogens is 2. The standard InChI is InChI=1S/C18H26F3N3O6/c19-18(20,21)16(28)22-6-4-2-1-3-5-11-8-24(17(29)23-15(11)27)9-12-7-13(26)14(10-25)30-12/h8,12-14,25-26H,1-7,9-10H2,(H,22,28)(H,23,27,29). The third-order valence-electron chi connectivity index (χ3n) is 4.88. The highest BCUT2D eigenvalue weighted by Gasteiger charge is 2.38. The summed E-state index contributed by atoms with van der Waals surface area (Å²) in [6.07, 6.45) is -2.63. The van der Waals surface area contributed by atoms with E-state index in [0.29, 0.717) is 37.7 Å². The van der Waals surface area contributed by atoms with E-state index in [1.54, 1.807) is 5.32 Å². The van der Waals surface area contributed by atoms with Gasteiger partial charge in [0, 0.05) is 24.7 Å². The molecule has 12 heteroatoms. The van der Waals surface area contributed by atoms with E-state index in [0.717, 1.165) is 0 Å². The summed E-state index contributed by atoms with van der Waals surface area (Å²) in [7, 11) is 0. The average Bonchev–Trinajstić information content (AvgIpc) is 3.02. The molecular weight excluding hydrogens is 411 g/mol. The number of aliphatic hydroxyl groups excluding tert-OH is 2. The van der Waals surface area contributed by atoms with Crippen LogP contribution in [0, 0.1) is 0 Å². The second-order valence-electron chi connectivity index (χ2n) is 7.27. The number of rotatable bonds is 10. The molecular formula is C18H26F3N3O6. The number of aromatic amines is 1. The van der Waals surface area contributed by atoms with Gasteiger partial charge < -0.3 is 20.3 Å². The van der Waals surface area contributed by atoms with Crippen molar-refractivity contribution in [3.63, 3.8) is 0 Å². The van der Waals surface area contributed by atoms with Crippen molar-refractivity contribution in [1.82, 2.24) is 14.9 Å². The minimum atomic E-state index is -4.88. The number of hydrogen-bond donors (Lipinski definition) is 4. The van der Waals surface area contributed by atoms with Gasteiger partial charge in [-0.3, -0.25) is 19.1 Å². The third kappa shape index (κ3) is 6.96. The van der Waals surface area contributed by atoms with Crippen molar-refractivity contribution in [1.29, 1.82) is 0 Å². The van der Waals surface area contributed by atoms with Crippen molar-refractivity contribution in [2.24, 2.45) is 0 Å². The summed E-state index contributed by atoms with van der Waals surface area (Å²) in [6, 6.07) is 0. The molecule has 170 valence electrons. The minimum Gasteiger partial charge on any atom is -0.394 e. The van der Waals surface area contributed by atoms with Crippen LogP contribution in [-0.4, -0.2) is 63.3 Å². The zero-order valence-electron chi connectivity index (χ0n) is 16.3. The van der Waals surface area contributed by atoms with Crippen molar-refractivity contribution in [2.45, 2.75) is 69.6 Å². The first-order valence-corrected chi connectivity index (χ1v) is 9.74. The van der Waals surface area contributed by atoms with Crippen LogP contribution in [0.3, 0.4) is 0 Å². The van der Waals surface area contributed by atoms with Gasteiger partial charge in [0.1, 0.15) is 6.10 Å². The number of unbranched alkanes of at least 4 members (excludes halogenated alkanes) is 3. The zero-order chi connectivity index (χ0) is 22.3. The largest absolute Gasteiger partial charge is 0.471 e. The summed E-state index contributed by atoms with van der Waals surface area (Å²) in [4.78, 5) is 36.9. The summed E-state index contributed by atoms with van der Waals surface area (Å²) in [5.41, 5.74) is -0.721. The summed E-state index contributed by atoms with van der Waals surface area (Å²) in [6.45, 7) is -0.287. The van der Waals surface area contributed by atoms with E-state index in [9.17, 15) is 32.7 Å². The van der Waals surface area contributed by atoms with Crippen molar-refractivity contribution in [3.8, 4) is 0 Å². The number of nitrogens with zero attached hydrogens (tertiary/aromatic N) is 1. The second-order valence-corrected chi connectivity index (χ2v) is 7.27. The van der Waals surface area contributed by atoms with Crippen LogP contribution >= 0.6 is 0 Å². The maximum atomic E-state index is 12.0. The fourth-order valence-corrected chi connectivity index (χ4v) is 3.28. The Labute approximate surface area is 169 Å². The van der Waals surface area contributed by atoms with Gasteiger partial charge in [-0.05, 0) is 19.3 Å². The number of alkyl halides is 3. The van der Waals surface area contributed by atoms with Crippen LogP contribution in [0.25, 0.3) is 0 Å². The molecule has 1 fully saturated rings. The Morgan fingerprint density at radius 3 is 2.60 bits per heavy atom. The molecule has 0 bridgehead atoms. The van der Waals surface area contributed by atoms with Crippen LogP contribution in [0.2, 0.25) is 0 Å². The second kappa shape index (κ2) is 10.7. The van der Waals surface area contributed by atoms with E-state index >= 15 is 0 Å². The number of nitrogens with one attached hydrogen (secondary N) is 2. The Hall–Kier alpha value is -2.18. The molecule has 3 atom stereocenters. The van der Waals surface area contributed by atoms with Gasteiger partial charge in [0.2, 0.25) is 0 Å². The smallest absolute Gasteiger partial charge is 0.394 e. The number of aliphatic hydroxyl groups is 2. The molecule has 0 saturated carbocycles. The molecule has 4 N–H and O–H groups in total. The Morgan fingerprint density at radius 1 is 1.27 bits per heavy atom. The fourth-order valence-electron chi connectivity index (χ4n) is 3.28. The molecule has 1 aliphatic heterocycles. The van der Waals surface area contributed by atoms with Crippen LogP contribution < -0.4 is 16.6 Å². The van der Waals surface area contributed by atoms with E-state index in [4.69, 9.17) is 9.84 Å². The molecule has 0 aliphatic carbocycles. The maximum Gasteiger partial charge on any atom is 0.471 e. The van der Waals surface area contributed by atoms with Gasteiger partial charge in [0.05, 0.1) is 25.4 Å². The lowest BCUT2D eigenvalue weighted by Crippen LogP contribution is -2.37. The van der Waals surface area contributed by atoms with Gasteiger partial charge in [-0.2, -0.15) is 13.2 Å².